The topological polar surface area (TPSA) is 186 Å². The molecule has 60 heavy (non-hydrogen) atoms. The van der Waals surface area contributed by atoms with E-state index in [2.05, 4.69) is 26.0 Å². The monoisotopic (exact) mass is 877 g/mol. The Morgan fingerprint density at radius 3 is 1.43 bits per heavy atom. The van der Waals surface area contributed by atoms with Crippen molar-refractivity contribution in [1.82, 2.24) is 0 Å². The molecule has 1 aliphatic heterocycles. The summed E-state index contributed by atoms with van der Waals surface area (Å²) in [5.41, 5.74) is 0. The van der Waals surface area contributed by atoms with Gasteiger partial charge in [0.15, 0.2) is 12.4 Å². The highest BCUT2D eigenvalue weighted by Crippen LogP contribution is 2.24. The number of hydrogen-bond acceptors (Lipinski definition) is 11. The minimum absolute atomic E-state index is 0.163. The Labute approximate surface area is 365 Å². The van der Waals surface area contributed by atoms with Crippen LogP contribution in [0.1, 0.15) is 219 Å². The van der Waals surface area contributed by atoms with Gasteiger partial charge in [-0.15, -0.1) is 0 Å². The van der Waals surface area contributed by atoms with E-state index in [1.54, 1.807) is 0 Å². The third-order valence-corrected chi connectivity index (χ3v) is 12.1. The van der Waals surface area contributed by atoms with Crippen LogP contribution in [0.25, 0.3) is 0 Å². The van der Waals surface area contributed by atoms with Crippen LogP contribution in [-0.4, -0.2) is 96.0 Å². The zero-order valence-corrected chi connectivity index (χ0v) is 38.6. The smallest absolute Gasteiger partial charge is 0.306 e. The Morgan fingerprint density at radius 2 is 0.967 bits per heavy atom. The first-order valence-corrected chi connectivity index (χ1v) is 25.9. The molecule has 6 atom stereocenters. The van der Waals surface area contributed by atoms with Gasteiger partial charge in [0.2, 0.25) is 0 Å². The quantitative estimate of drug-likeness (QED) is 0.0197. The van der Waals surface area contributed by atoms with E-state index in [-0.39, 0.29) is 19.4 Å². The van der Waals surface area contributed by atoms with Crippen LogP contribution in [0.5, 0.6) is 0 Å². The van der Waals surface area contributed by atoms with Gasteiger partial charge >= 0.3 is 11.9 Å². The summed E-state index contributed by atoms with van der Waals surface area (Å²) in [6.45, 7) is 3.73. The highest BCUT2D eigenvalue weighted by molar-refractivity contribution is 7.85. The average Bonchev–Trinajstić information content (AvgIpc) is 3.21. The van der Waals surface area contributed by atoms with Crippen molar-refractivity contribution in [3.8, 4) is 0 Å². The third kappa shape index (κ3) is 32.1. The van der Waals surface area contributed by atoms with Crippen molar-refractivity contribution in [2.24, 2.45) is 0 Å². The molecule has 0 saturated carbocycles. The van der Waals surface area contributed by atoms with E-state index in [9.17, 15) is 37.9 Å². The van der Waals surface area contributed by atoms with Crippen molar-refractivity contribution in [3.63, 3.8) is 0 Å². The maximum Gasteiger partial charge on any atom is 0.306 e. The number of hydrogen-bond donors (Lipinski definition) is 4. The molecule has 4 N–H and O–H groups in total. The number of aliphatic hydroxyl groups excluding tert-OH is 3. The molecule has 0 bridgehead atoms. The maximum absolute atomic E-state index is 12.7. The van der Waals surface area contributed by atoms with Crippen LogP contribution in [0.3, 0.4) is 0 Å². The van der Waals surface area contributed by atoms with Crippen molar-refractivity contribution < 1.29 is 56.8 Å². The summed E-state index contributed by atoms with van der Waals surface area (Å²) < 4.78 is 54.0. The second-order valence-corrected chi connectivity index (χ2v) is 18.6. The highest BCUT2D eigenvalue weighted by Gasteiger charge is 2.46. The number of rotatable bonds is 41. The molecule has 0 aliphatic carbocycles. The van der Waals surface area contributed by atoms with E-state index in [0.717, 1.165) is 32.1 Å². The molecule has 0 amide bonds. The van der Waals surface area contributed by atoms with Crippen molar-refractivity contribution >= 4 is 22.1 Å². The Balaban J connectivity index is 2.31. The zero-order valence-electron chi connectivity index (χ0n) is 37.8. The van der Waals surface area contributed by atoms with E-state index in [0.29, 0.717) is 12.8 Å². The minimum atomic E-state index is -4.60. The van der Waals surface area contributed by atoms with Crippen molar-refractivity contribution in [2.45, 2.75) is 256 Å². The summed E-state index contributed by atoms with van der Waals surface area (Å²) in [4.78, 5) is 25.3. The molecule has 0 radical (unpaired) electrons. The SMILES string of the molecule is CCCCCCCCCCCCCCCCCCCC/C=C/CCCC(=O)OC[C@H](CO[C@H]1O[C@H](CS(=O)(=O)O)[C@@H](O)C(O)C1O)OC(=O)CCCCCCCCCCC. The highest BCUT2D eigenvalue weighted by atomic mass is 32.2. The third-order valence-electron chi connectivity index (χ3n) is 11.3. The van der Waals surface area contributed by atoms with Gasteiger partial charge < -0.3 is 34.3 Å². The summed E-state index contributed by atoms with van der Waals surface area (Å²) in [5, 5.41) is 30.8. The number of carbonyl (C=O) groups is 2. The summed E-state index contributed by atoms with van der Waals surface area (Å²) in [6, 6.07) is 0. The average molecular weight is 877 g/mol. The van der Waals surface area contributed by atoms with Crippen LogP contribution >= 0.6 is 0 Å². The summed E-state index contributed by atoms with van der Waals surface area (Å²) in [5.74, 6) is -2.01. The lowest BCUT2D eigenvalue weighted by molar-refractivity contribution is -0.297. The van der Waals surface area contributed by atoms with Crippen molar-refractivity contribution in [1.29, 1.82) is 0 Å². The summed E-state index contributed by atoms with van der Waals surface area (Å²) >= 11 is 0. The normalized spacial score (nSPS) is 20.1. The number of ether oxygens (including phenoxy) is 4. The van der Waals surface area contributed by atoms with Crippen molar-refractivity contribution in [3.05, 3.63) is 12.2 Å². The molecule has 1 heterocycles. The van der Waals surface area contributed by atoms with E-state index in [1.807, 2.05) is 0 Å². The number of allylic oxidation sites excluding steroid dienone is 2. The lowest BCUT2D eigenvalue weighted by atomic mass is 10.00. The Morgan fingerprint density at radius 1 is 0.550 bits per heavy atom. The second kappa shape index (κ2) is 37.9. The van der Waals surface area contributed by atoms with Crippen LogP contribution in [-0.2, 0) is 38.7 Å². The lowest BCUT2D eigenvalue weighted by Gasteiger charge is -2.40. The molecule has 1 rings (SSSR count). The molecule has 1 aliphatic rings. The van der Waals surface area contributed by atoms with E-state index in [4.69, 9.17) is 18.9 Å². The maximum atomic E-state index is 12.7. The predicted molar refractivity (Wildman–Crippen MR) is 238 cm³/mol. The van der Waals surface area contributed by atoms with Crippen LogP contribution in [0.15, 0.2) is 12.2 Å². The largest absolute Gasteiger partial charge is 0.462 e. The molecule has 13 heteroatoms. The Bertz CT molecular complexity index is 1170. The molecule has 1 saturated heterocycles. The van der Waals surface area contributed by atoms with Gasteiger partial charge in [0.1, 0.15) is 36.8 Å². The van der Waals surface area contributed by atoms with Gasteiger partial charge in [0.25, 0.3) is 10.1 Å². The van der Waals surface area contributed by atoms with Gasteiger partial charge in [0, 0.05) is 12.8 Å². The fourth-order valence-electron chi connectivity index (χ4n) is 7.56. The van der Waals surface area contributed by atoms with Crippen LogP contribution in [0, 0.1) is 0 Å². The fourth-order valence-corrected chi connectivity index (χ4v) is 8.26. The van der Waals surface area contributed by atoms with E-state index in [1.165, 1.54) is 148 Å². The summed E-state index contributed by atoms with van der Waals surface area (Å²) in [7, 11) is -4.60. The zero-order chi connectivity index (χ0) is 44.1. The van der Waals surface area contributed by atoms with E-state index >= 15 is 0 Å². The van der Waals surface area contributed by atoms with Gasteiger partial charge in [0.05, 0.1) is 6.61 Å². The van der Waals surface area contributed by atoms with Gasteiger partial charge in [-0.2, -0.15) is 8.42 Å². The van der Waals surface area contributed by atoms with Gasteiger partial charge in [-0.25, -0.2) is 0 Å². The number of esters is 2. The molecule has 1 fully saturated rings. The van der Waals surface area contributed by atoms with Gasteiger partial charge in [-0.1, -0.05) is 187 Å². The number of carbonyl (C=O) groups excluding carboxylic acids is 2. The molecule has 2 unspecified atom stereocenters. The first kappa shape index (κ1) is 56.4. The number of aliphatic hydroxyl groups is 3. The predicted octanol–water partition coefficient (Wildman–Crippen LogP) is 10.2. The number of unbranched alkanes of at least 4 members (excludes halogenated alkanes) is 27. The Kier molecular flexibility index (Phi) is 35.6. The first-order valence-electron chi connectivity index (χ1n) is 24.2. The Hall–Kier alpha value is -1.61. The summed E-state index contributed by atoms with van der Waals surface area (Å²) in [6.07, 6.45) is 31.5. The molecule has 354 valence electrons. The fraction of sp³-hybridized carbons (Fsp3) is 0.915. The van der Waals surface area contributed by atoms with Gasteiger partial charge in [-0.3, -0.25) is 14.1 Å². The lowest BCUT2D eigenvalue weighted by Crippen LogP contribution is -2.60. The second-order valence-electron chi connectivity index (χ2n) is 17.1. The standard InChI is InChI=1S/C47H88O12S/c1-3-5-7-9-11-13-14-15-16-17-18-19-20-21-22-23-24-25-26-28-29-31-33-35-42(48)56-37-40(58-43(49)36-34-32-30-27-12-10-8-6-4-2)38-57-47-46(52)45(51)44(50)41(59-47)39-60(53,54)55/h28-29,40-41,44-47,50-52H,3-27,30-39H2,1-2H3,(H,53,54,55)/b29-28+/t40-,41-,44-,45?,46?,47+/m1/s1. The minimum Gasteiger partial charge on any atom is -0.462 e. The molecular formula is C47H88O12S. The van der Waals surface area contributed by atoms with Crippen LogP contribution < -0.4 is 0 Å². The first-order chi connectivity index (χ1) is 29.0. The molecule has 0 spiro atoms. The van der Waals surface area contributed by atoms with Crippen molar-refractivity contribution in [2.75, 3.05) is 19.0 Å². The molecule has 0 aromatic heterocycles. The molecular weight excluding hydrogens is 789 g/mol. The molecule has 0 aromatic carbocycles. The molecule has 12 nitrogen and oxygen atoms in total. The van der Waals surface area contributed by atoms with Crippen LogP contribution in [0.4, 0.5) is 0 Å². The van der Waals surface area contributed by atoms with E-state index < -0.39 is 71.2 Å². The van der Waals surface area contributed by atoms with Crippen LogP contribution in [0.2, 0.25) is 0 Å². The van der Waals surface area contributed by atoms with Gasteiger partial charge in [-0.05, 0) is 32.1 Å². The molecule has 0 aromatic rings.